The summed E-state index contributed by atoms with van der Waals surface area (Å²) in [4.78, 5) is 9.52. The van der Waals surface area contributed by atoms with Crippen molar-refractivity contribution in [2.24, 2.45) is 0 Å². The van der Waals surface area contributed by atoms with Crippen molar-refractivity contribution in [3.8, 4) is 23.2 Å². The number of phenols is 1. The molecule has 3 heterocycles. The van der Waals surface area contributed by atoms with Crippen LogP contribution in [0.15, 0.2) is 97.2 Å². The van der Waals surface area contributed by atoms with Crippen molar-refractivity contribution in [1.29, 1.82) is 0 Å². The van der Waals surface area contributed by atoms with E-state index in [1.54, 1.807) is 0 Å². The predicted octanol–water partition coefficient (Wildman–Crippen LogP) is 9.97. The molecule has 0 atom stereocenters. The Balaban J connectivity index is 1.47. The summed E-state index contributed by atoms with van der Waals surface area (Å²) >= 11 is 0. The first kappa shape index (κ1) is 27.0. The van der Waals surface area contributed by atoms with Crippen molar-refractivity contribution >= 4 is 43.5 Å². The average Bonchev–Trinajstić information content (AvgIpc) is 3.29. The molecule has 0 aliphatic rings. The molecule has 7 rings (SSSR count). The predicted molar refractivity (Wildman–Crippen MR) is 177 cm³/mol. The lowest BCUT2D eigenvalue weighted by Crippen LogP contribution is -2.13. The fraction of sp³-hybridized carbons (Fsp3) is 0.211. The van der Waals surface area contributed by atoms with Gasteiger partial charge in [-0.3, -0.25) is 4.57 Å². The van der Waals surface area contributed by atoms with E-state index in [9.17, 15) is 5.11 Å². The number of ether oxygens (including phenoxy) is 1. The molecule has 0 unspecified atom stereocenters. The van der Waals surface area contributed by atoms with Crippen molar-refractivity contribution in [2.75, 3.05) is 0 Å². The first-order valence-corrected chi connectivity index (χ1v) is 14.7. The van der Waals surface area contributed by atoms with Crippen molar-refractivity contribution in [1.82, 2.24) is 14.5 Å². The zero-order valence-electron chi connectivity index (χ0n) is 25.4. The molecule has 3 aromatic heterocycles. The number of rotatable bonds is 3. The summed E-state index contributed by atoms with van der Waals surface area (Å²) < 4.78 is 8.84. The molecule has 0 amide bonds. The van der Waals surface area contributed by atoms with Gasteiger partial charge in [0.2, 0.25) is 5.88 Å². The molecule has 0 spiro atoms. The van der Waals surface area contributed by atoms with Gasteiger partial charge in [0.1, 0.15) is 22.8 Å². The van der Waals surface area contributed by atoms with E-state index in [0.717, 1.165) is 49.7 Å². The first-order valence-electron chi connectivity index (χ1n) is 14.7. The van der Waals surface area contributed by atoms with Crippen molar-refractivity contribution in [2.45, 2.75) is 52.4 Å². The Kier molecular flexibility index (Phi) is 6.00. The Morgan fingerprint density at radius 1 is 0.674 bits per heavy atom. The molecule has 5 heteroatoms. The summed E-state index contributed by atoms with van der Waals surface area (Å²) in [5, 5.41) is 16.1. The number of phenolic OH excluding ortho intramolecular Hbond substituents is 1. The van der Waals surface area contributed by atoms with Crippen molar-refractivity contribution in [3.63, 3.8) is 0 Å². The molecule has 5 nitrogen and oxygen atoms in total. The fourth-order valence-electron chi connectivity index (χ4n) is 5.98. The maximum atomic E-state index is 11.1. The summed E-state index contributed by atoms with van der Waals surface area (Å²) in [5.74, 6) is 2.16. The van der Waals surface area contributed by atoms with Crippen LogP contribution in [-0.2, 0) is 10.8 Å². The lowest BCUT2D eigenvalue weighted by atomic mass is 9.84. The molecule has 0 aliphatic heterocycles. The van der Waals surface area contributed by atoms with Crippen LogP contribution in [0.2, 0.25) is 0 Å². The number of nitrogens with zero attached hydrogens (tertiary/aromatic N) is 3. The van der Waals surface area contributed by atoms with Gasteiger partial charge in [0, 0.05) is 45.4 Å². The smallest absolute Gasteiger partial charge is 0.219 e. The maximum Gasteiger partial charge on any atom is 0.219 e. The number of hydrogen-bond donors (Lipinski definition) is 1. The van der Waals surface area contributed by atoms with E-state index < -0.39 is 0 Å². The van der Waals surface area contributed by atoms with Crippen LogP contribution in [0.25, 0.3) is 49.3 Å². The molecular formula is C38H35N3O2. The molecule has 0 bridgehead atoms. The third kappa shape index (κ3) is 4.56. The number of benzene rings is 4. The minimum atomic E-state index is -0.209. The van der Waals surface area contributed by atoms with Crippen LogP contribution in [-0.4, -0.2) is 19.6 Å². The summed E-state index contributed by atoms with van der Waals surface area (Å²) in [6, 6.07) is 30.8. The van der Waals surface area contributed by atoms with Crippen LogP contribution < -0.4 is 4.74 Å². The van der Waals surface area contributed by atoms with E-state index >= 15 is 0 Å². The molecule has 1 N–H and O–H groups in total. The van der Waals surface area contributed by atoms with Gasteiger partial charge < -0.3 is 9.84 Å². The van der Waals surface area contributed by atoms with Gasteiger partial charge in [-0.2, -0.15) is 0 Å². The number of fused-ring (bicyclic) bond motifs is 5. The fourth-order valence-corrected chi connectivity index (χ4v) is 5.98. The Morgan fingerprint density at radius 2 is 1.44 bits per heavy atom. The summed E-state index contributed by atoms with van der Waals surface area (Å²) in [7, 11) is 0. The van der Waals surface area contributed by atoms with Gasteiger partial charge in [-0.25, -0.2) is 9.97 Å². The van der Waals surface area contributed by atoms with Crippen LogP contribution in [0.1, 0.15) is 52.7 Å². The first-order chi connectivity index (χ1) is 20.5. The van der Waals surface area contributed by atoms with E-state index in [2.05, 4.69) is 76.4 Å². The minimum Gasteiger partial charge on any atom is -0.505 e. The molecule has 0 radical (unpaired) electrons. The van der Waals surface area contributed by atoms with E-state index in [1.165, 1.54) is 10.9 Å². The maximum absolute atomic E-state index is 11.1. The Hall–Kier alpha value is -4.90. The van der Waals surface area contributed by atoms with Gasteiger partial charge in [-0.15, -0.1) is 0 Å². The lowest BCUT2D eigenvalue weighted by molar-refractivity contribution is 0.440. The standard InChI is InChI=1S/C38H35N3O2/c1-37(2,3)25-15-16-30-27(20-25)28-21-29(38(4,5)6)32(22-31(28)41(30)33-13-9-10-18-39-33)43-34-17-14-24-19-23-11-7-8-12-26(23)36(42)35(24)40-34/h7-22,42H,1-6H3. The average molecular weight is 566 g/mol. The number of hydrogen-bond acceptors (Lipinski definition) is 4. The molecular weight excluding hydrogens is 530 g/mol. The van der Waals surface area contributed by atoms with E-state index in [4.69, 9.17) is 14.7 Å². The van der Waals surface area contributed by atoms with E-state index in [0.29, 0.717) is 11.4 Å². The van der Waals surface area contributed by atoms with Crippen LogP contribution in [0.3, 0.4) is 0 Å². The highest BCUT2D eigenvalue weighted by Gasteiger charge is 2.25. The van der Waals surface area contributed by atoms with Gasteiger partial charge in [-0.1, -0.05) is 77.9 Å². The topological polar surface area (TPSA) is 60.2 Å². The second kappa shape index (κ2) is 9.56. The minimum absolute atomic E-state index is 0.0160. The number of aromatic hydroxyl groups is 1. The molecule has 0 fully saturated rings. The molecule has 43 heavy (non-hydrogen) atoms. The summed E-state index contributed by atoms with van der Waals surface area (Å²) in [6.45, 7) is 13.3. The second-order valence-corrected chi connectivity index (χ2v) is 13.4. The van der Waals surface area contributed by atoms with Crippen LogP contribution >= 0.6 is 0 Å². The SMILES string of the molecule is CC(C)(C)c1ccc2c(c1)c1cc(C(C)(C)C)c(Oc3ccc4cc5ccccc5c(O)c4n3)cc1n2-c1ccccn1. The zero-order valence-corrected chi connectivity index (χ0v) is 25.4. The lowest BCUT2D eigenvalue weighted by Gasteiger charge is -2.23. The van der Waals surface area contributed by atoms with Gasteiger partial charge in [-0.05, 0) is 64.2 Å². The monoisotopic (exact) mass is 565 g/mol. The van der Waals surface area contributed by atoms with Gasteiger partial charge in [0.15, 0.2) is 0 Å². The van der Waals surface area contributed by atoms with Crippen LogP contribution in [0.4, 0.5) is 0 Å². The Bertz CT molecular complexity index is 2180. The number of aromatic nitrogens is 3. The molecule has 4 aromatic carbocycles. The quantitative estimate of drug-likeness (QED) is 0.217. The molecule has 0 saturated heterocycles. The van der Waals surface area contributed by atoms with Crippen LogP contribution in [0, 0.1) is 0 Å². The summed E-state index contributed by atoms with van der Waals surface area (Å²) in [5.41, 5.74) is 4.79. The molecule has 7 aromatic rings. The largest absolute Gasteiger partial charge is 0.505 e. The third-order valence-corrected chi connectivity index (χ3v) is 8.29. The highest BCUT2D eigenvalue weighted by atomic mass is 16.5. The van der Waals surface area contributed by atoms with Crippen LogP contribution in [0.5, 0.6) is 17.4 Å². The normalized spacial score (nSPS) is 12.5. The zero-order chi connectivity index (χ0) is 30.1. The van der Waals surface area contributed by atoms with Crippen molar-refractivity contribution in [3.05, 3.63) is 108 Å². The second-order valence-electron chi connectivity index (χ2n) is 13.4. The van der Waals surface area contributed by atoms with Gasteiger partial charge in [0.05, 0.1) is 11.0 Å². The van der Waals surface area contributed by atoms with Gasteiger partial charge >= 0.3 is 0 Å². The molecule has 0 aliphatic carbocycles. The molecule has 0 saturated carbocycles. The highest BCUT2D eigenvalue weighted by molar-refractivity contribution is 6.10. The number of pyridine rings is 2. The Morgan fingerprint density at radius 3 is 2.19 bits per heavy atom. The van der Waals surface area contributed by atoms with E-state index in [-0.39, 0.29) is 16.6 Å². The third-order valence-electron chi connectivity index (χ3n) is 8.29. The van der Waals surface area contributed by atoms with Crippen molar-refractivity contribution < 1.29 is 9.84 Å². The van der Waals surface area contributed by atoms with E-state index in [1.807, 2.05) is 66.9 Å². The van der Waals surface area contributed by atoms with Gasteiger partial charge in [0.25, 0.3) is 0 Å². The summed E-state index contributed by atoms with van der Waals surface area (Å²) in [6.07, 6.45) is 1.83. The highest BCUT2D eigenvalue weighted by Crippen LogP contribution is 2.43. The molecule has 214 valence electrons. The Labute approximate surface area is 251 Å².